The lowest BCUT2D eigenvalue weighted by Gasteiger charge is -2.19. The van der Waals surface area contributed by atoms with E-state index in [0.717, 1.165) is 19.3 Å². The van der Waals surface area contributed by atoms with Crippen LogP contribution in [0.4, 0.5) is 4.79 Å². The quantitative estimate of drug-likeness (QED) is 0.672. The number of amides is 2. The molecule has 0 aliphatic carbocycles. The molecule has 24 heavy (non-hydrogen) atoms. The van der Waals surface area contributed by atoms with E-state index in [-0.39, 0.29) is 5.91 Å². The van der Waals surface area contributed by atoms with E-state index in [1.807, 2.05) is 20.8 Å². The Bertz CT molecular complexity index is 522. The minimum Gasteiger partial charge on any atom is -0.444 e. The van der Waals surface area contributed by atoms with Gasteiger partial charge in [-0.3, -0.25) is 9.48 Å². The molecule has 0 aromatic carbocycles. The van der Waals surface area contributed by atoms with Crippen LogP contribution in [0, 0.1) is 0 Å². The van der Waals surface area contributed by atoms with Gasteiger partial charge in [-0.05, 0) is 33.6 Å². The van der Waals surface area contributed by atoms with Crippen LogP contribution < -0.4 is 10.6 Å². The number of rotatable bonds is 9. The number of carbonyl (C=O) groups is 2. The lowest BCUT2D eigenvalue weighted by molar-refractivity contribution is 0.0526. The summed E-state index contributed by atoms with van der Waals surface area (Å²) < 4.78 is 6.74. The van der Waals surface area contributed by atoms with E-state index in [9.17, 15) is 9.59 Å². The van der Waals surface area contributed by atoms with E-state index >= 15 is 0 Å². The average Bonchev–Trinajstić information content (AvgIpc) is 2.95. The Morgan fingerprint density at radius 2 is 1.88 bits per heavy atom. The van der Waals surface area contributed by atoms with Gasteiger partial charge in [-0.1, -0.05) is 25.0 Å². The molecule has 0 aliphatic heterocycles. The smallest absolute Gasteiger partial charge is 0.407 e. The minimum atomic E-state index is -0.505. The molecule has 0 aliphatic rings. The number of ether oxygens (including phenoxy) is 1. The monoisotopic (exact) mass is 339 g/mol. The maximum absolute atomic E-state index is 11.9. The van der Waals surface area contributed by atoms with Crippen molar-refractivity contribution in [2.24, 2.45) is 0 Å². The van der Waals surface area contributed by atoms with Gasteiger partial charge in [0.05, 0.1) is 6.20 Å². The Labute approximate surface area is 143 Å². The van der Waals surface area contributed by atoms with E-state index in [2.05, 4.69) is 27.9 Å². The van der Waals surface area contributed by atoms with Crippen LogP contribution in [0.2, 0.25) is 0 Å². The number of hydrogen-bond donors (Lipinski definition) is 2. The molecule has 2 amide bonds. The average molecular weight is 339 g/mol. The second-order valence-corrected chi connectivity index (χ2v) is 6.61. The number of nitrogens with one attached hydrogen (secondary N) is 2. The second kappa shape index (κ2) is 9.89. The highest BCUT2D eigenvalue weighted by Crippen LogP contribution is 2.06. The maximum atomic E-state index is 11.9. The first-order chi connectivity index (χ1) is 11.3. The Morgan fingerprint density at radius 1 is 1.17 bits per heavy atom. The lowest BCUT2D eigenvalue weighted by Crippen LogP contribution is -2.33. The minimum absolute atomic E-state index is 0.204. The Balaban J connectivity index is 2.24. The molecule has 0 fully saturated rings. The third-order valence-corrected chi connectivity index (χ3v) is 3.07. The van der Waals surface area contributed by atoms with Gasteiger partial charge in [-0.15, -0.1) is 5.10 Å². The number of nitrogens with zero attached hydrogens (tertiary/aromatic N) is 3. The highest BCUT2D eigenvalue weighted by Gasteiger charge is 2.15. The van der Waals surface area contributed by atoms with Crippen molar-refractivity contribution < 1.29 is 14.3 Å². The summed E-state index contributed by atoms with van der Waals surface area (Å²) >= 11 is 0. The fourth-order valence-corrected chi connectivity index (χ4v) is 1.92. The third-order valence-electron chi connectivity index (χ3n) is 3.07. The molecule has 0 spiro atoms. The summed E-state index contributed by atoms with van der Waals surface area (Å²) in [5.74, 6) is -0.204. The van der Waals surface area contributed by atoms with Crippen LogP contribution in [0.15, 0.2) is 6.20 Å². The van der Waals surface area contributed by atoms with Crippen molar-refractivity contribution in [2.45, 2.75) is 65.5 Å². The van der Waals surface area contributed by atoms with Crippen LogP contribution >= 0.6 is 0 Å². The van der Waals surface area contributed by atoms with E-state index < -0.39 is 11.7 Å². The number of aryl methyl sites for hydroxylation is 1. The first-order valence-electron chi connectivity index (χ1n) is 8.47. The molecule has 0 radical (unpaired) electrons. The molecule has 0 atom stereocenters. The maximum Gasteiger partial charge on any atom is 0.407 e. The first kappa shape index (κ1) is 19.9. The van der Waals surface area contributed by atoms with E-state index in [1.165, 1.54) is 0 Å². The van der Waals surface area contributed by atoms with Gasteiger partial charge in [0.1, 0.15) is 5.60 Å². The zero-order valence-corrected chi connectivity index (χ0v) is 15.1. The standard InChI is InChI=1S/C16H29N5O3/c1-5-6-7-9-17-14(22)13-12-21(20-19-13)11-8-10-18-15(23)24-16(2,3)4/h12H,5-11H2,1-4H3,(H,17,22)(H,18,23). The second-order valence-electron chi connectivity index (χ2n) is 6.61. The fourth-order valence-electron chi connectivity index (χ4n) is 1.92. The molecular formula is C16H29N5O3. The molecule has 8 heteroatoms. The van der Waals surface area contributed by atoms with Crippen molar-refractivity contribution in [3.8, 4) is 0 Å². The number of aromatic nitrogens is 3. The Hall–Kier alpha value is -2.12. The Morgan fingerprint density at radius 3 is 2.54 bits per heavy atom. The van der Waals surface area contributed by atoms with Crippen LogP contribution in [0.5, 0.6) is 0 Å². The Kier molecular flexibility index (Phi) is 8.21. The van der Waals surface area contributed by atoms with Crippen LogP contribution in [0.1, 0.15) is 63.9 Å². The van der Waals surface area contributed by atoms with Gasteiger partial charge in [0, 0.05) is 19.6 Å². The summed E-state index contributed by atoms with van der Waals surface area (Å²) in [5, 5.41) is 13.3. The van der Waals surface area contributed by atoms with Crippen molar-refractivity contribution in [3.05, 3.63) is 11.9 Å². The van der Waals surface area contributed by atoms with Crippen LogP contribution in [-0.2, 0) is 11.3 Å². The normalized spacial score (nSPS) is 11.2. The van der Waals surface area contributed by atoms with Crippen molar-refractivity contribution in [2.75, 3.05) is 13.1 Å². The van der Waals surface area contributed by atoms with Crippen LogP contribution in [-0.4, -0.2) is 45.7 Å². The van der Waals surface area contributed by atoms with Gasteiger partial charge in [0.25, 0.3) is 5.91 Å². The summed E-state index contributed by atoms with van der Waals surface area (Å²) in [7, 11) is 0. The molecule has 136 valence electrons. The van der Waals surface area contributed by atoms with Gasteiger partial charge in [0.15, 0.2) is 5.69 Å². The van der Waals surface area contributed by atoms with Crippen molar-refractivity contribution >= 4 is 12.0 Å². The number of unbranched alkanes of at least 4 members (excludes halogenated alkanes) is 2. The van der Waals surface area contributed by atoms with Crippen LogP contribution in [0.25, 0.3) is 0 Å². The number of alkyl carbamates (subject to hydrolysis) is 1. The SMILES string of the molecule is CCCCCNC(=O)c1cn(CCCNC(=O)OC(C)(C)C)nn1. The number of hydrogen-bond acceptors (Lipinski definition) is 5. The van der Waals surface area contributed by atoms with Crippen molar-refractivity contribution in [3.63, 3.8) is 0 Å². The summed E-state index contributed by atoms with van der Waals surface area (Å²) in [4.78, 5) is 23.4. The largest absolute Gasteiger partial charge is 0.444 e. The number of carbonyl (C=O) groups excluding carboxylic acids is 2. The highest BCUT2D eigenvalue weighted by molar-refractivity contribution is 5.91. The molecule has 1 heterocycles. The molecular weight excluding hydrogens is 310 g/mol. The highest BCUT2D eigenvalue weighted by atomic mass is 16.6. The molecule has 0 saturated heterocycles. The lowest BCUT2D eigenvalue weighted by atomic mass is 10.2. The molecule has 8 nitrogen and oxygen atoms in total. The van der Waals surface area contributed by atoms with Gasteiger partial charge >= 0.3 is 6.09 Å². The summed E-state index contributed by atoms with van der Waals surface area (Å²) in [6.45, 7) is 9.24. The zero-order chi connectivity index (χ0) is 18.0. The molecule has 0 saturated carbocycles. The predicted molar refractivity (Wildman–Crippen MR) is 90.7 cm³/mol. The third kappa shape index (κ3) is 8.50. The topological polar surface area (TPSA) is 98.1 Å². The predicted octanol–water partition coefficient (Wildman–Crippen LogP) is 2.11. The molecule has 0 bridgehead atoms. The molecule has 2 N–H and O–H groups in total. The van der Waals surface area contributed by atoms with Gasteiger partial charge < -0.3 is 15.4 Å². The van der Waals surface area contributed by atoms with Gasteiger partial charge in [-0.2, -0.15) is 0 Å². The molecule has 1 aromatic rings. The summed E-state index contributed by atoms with van der Waals surface area (Å²) in [5.41, 5.74) is -0.193. The summed E-state index contributed by atoms with van der Waals surface area (Å²) in [6.07, 6.45) is 5.02. The van der Waals surface area contributed by atoms with Crippen LogP contribution in [0.3, 0.4) is 0 Å². The first-order valence-corrected chi connectivity index (χ1v) is 8.47. The summed E-state index contributed by atoms with van der Waals surface area (Å²) in [6, 6.07) is 0. The molecule has 0 unspecified atom stereocenters. The van der Waals surface area contributed by atoms with E-state index in [0.29, 0.717) is 31.7 Å². The fraction of sp³-hybridized carbons (Fsp3) is 0.750. The van der Waals surface area contributed by atoms with Gasteiger partial charge in [0.2, 0.25) is 0 Å². The van der Waals surface area contributed by atoms with E-state index in [4.69, 9.17) is 4.74 Å². The van der Waals surface area contributed by atoms with E-state index in [1.54, 1.807) is 10.9 Å². The van der Waals surface area contributed by atoms with Crippen molar-refractivity contribution in [1.82, 2.24) is 25.6 Å². The molecule has 1 rings (SSSR count). The zero-order valence-electron chi connectivity index (χ0n) is 15.1. The van der Waals surface area contributed by atoms with Gasteiger partial charge in [-0.25, -0.2) is 4.79 Å². The molecule has 1 aromatic heterocycles. The van der Waals surface area contributed by atoms with Crippen molar-refractivity contribution in [1.29, 1.82) is 0 Å².